The molecule has 4 nitrogen and oxygen atoms in total. The van der Waals surface area contributed by atoms with Gasteiger partial charge in [-0.2, -0.15) is 10.5 Å². The minimum atomic E-state index is -1.17. The highest BCUT2D eigenvalue weighted by atomic mass is 16.1. The molecule has 2 unspecified atom stereocenters. The lowest BCUT2D eigenvalue weighted by molar-refractivity contribution is 0.0812. The number of carbonyl (C=O) groups is 2. The van der Waals surface area contributed by atoms with Crippen LogP contribution in [0.1, 0.15) is 20.7 Å². The Morgan fingerprint density at radius 1 is 0.875 bits per heavy atom. The Morgan fingerprint density at radius 3 is 1.56 bits per heavy atom. The zero-order valence-electron chi connectivity index (χ0n) is 8.18. The number of nitrogens with zero attached hydrogens (tertiary/aromatic N) is 2. The summed E-state index contributed by atoms with van der Waals surface area (Å²) in [6.07, 6.45) is 0. The molecule has 0 saturated carbocycles. The summed E-state index contributed by atoms with van der Waals surface area (Å²) in [7, 11) is 0. The quantitative estimate of drug-likeness (QED) is 0.647. The Bertz CT molecular complexity index is 512. The van der Waals surface area contributed by atoms with E-state index in [1.54, 1.807) is 24.3 Å². The van der Waals surface area contributed by atoms with Crippen LogP contribution in [0.15, 0.2) is 24.3 Å². The summed E-state index contributed by atoms with van der Waals surface area (Å²) in [5.74, 6) is -3.23. The minimum absolute atomic E-state index is 0.241. The lowest BCUT2D eigenvalue weighted by Crippen LogP contribution is -2.34. The van der Waals surface area contributed by atoms with Gasteiger partial charge in [-0.1, -0.05) is 24.3 Å². The van der Waals surface area contributed by atoms with Crippen LogP contribution in [0.4, 0.5) is 0 Å². The molecule has 0 aliphatic heterocycles. The predicted molar refractivity (Wildman–Crippen MR) is 53.3 cm³/mol. The summed E-state index contributed by atoms with van der Waals surface area (Å²) < 4.78 is 0. The van der Waals surface area contributed by atoms with Gasteiger partial charge in [0.25, 0.3) is 0 Å². The highest BCUT2D eigenvalue weighted by Gasteiger charge is 2.41. The Labute approximate surface area is 91.7 Å². The molecule has 1 aromatic rings. The number of fused-ring (bicyclic) bond motifs is 1. The van der Waals surface area contributed by atoms with Gasteiger partial charge in [0.15, 0.2) is 11.6 Å². The van der Waals surface area contributed by atoms with E-state index < -0.39 is 23.4 Å². The van der Waals surface area contributed by atoms with Gasteiger partial charge < -0.3 is 0 Å². The third kappa shape index (κ3) is 1.21. The molecule has 0 radical (unpaired) electrons. The number of hydrogen-bond acceptors (Lipinski definition) is 4. The summed E-state index contributed by atoms with van der Waals surface area (Å²) in [5, 5.41) is 17.7. The van der Waals surface area contributed by atoms with E-state index in [0.717, 1.165) is 0 Å². The van der Waals surface area contributed by atoms with Gasteiger partial charge in [-0.3, -0.25) is 9.59 Å². The number of rotatable bonds is 0. The zero-order chi connectivity index (χ0) is 11.7. The molecule has 1 aromatic carbocycles. The number of Topliss-reactive ketones (excluding diaryl/α,β-unsaturated/α-hetero) is 2. The first-order valence-electron chi connectivity index (χ1n) is 4.67. The molecule has 0 fully saturated rings. The Kier molecular flexibility index (Phi) is 2.27. The number of carbonyl (C=O) groups excluding carboxylic acids is 2. The van der Waals surface area contributed by atoms with E-state index >= 15 is 0 Å². The van der Waals surface area contributed by atoms with Gasteiger partial charge in [-0.15, -0.1) is 0 Å². The van der Waals surface area contributed by atoms with Gasteiger partial charge in [0.1, 0.15) is 11.8 Å². The van der Waals surface area contributed by atoms with Crippen LogP contribution in [-0.2, 0) is 0 Å². The van der Waals surface area contributed by atoms with Crippen LogP contribution in [0.25, 0.3) is 0 Å². The normalized spacial score (nSPS) is 23.1. The van der Waals surface area contributed by atoms with Crippen molar-refractivity contribution in [1.82, 2.24) is 0 Å². The van der Waals surface area contributed by atoms with E-state index in [4.69, 9.17) is 10.5 Å². The summed E-state index contributed by atoms with van der Waals surface area (Å²) in [6, 6.07) is 9.74. The predicted octanol–water partition coefficient (Wildman–Crippen LogP) is 1.35. The summed E-state index contributed by atoms with van der Waals surface area (Å²) in [5.41, 5.74) is 0.483. The molecule has 2 atom stereocenters. The Balaban J connectivity index is 2.66. The van der Waals surface area contributed by atoms with Crippen molar-refractivity contribution in [1.29, 1.82) is 10.5 Å². The van der Waals surface area contributed by atoms with Crippen molar-refractivity contribution in [3.05, 3.63) is 35.4 Å². The van der Waals surface area contributed by atoms with E-state index in [0.29, 0.717) is 0 Å². The second-order valence-electron chi connectivity index (χ2n) is 3.49. The largest absolute Gasteiger partial charge is 0.293 e. The number of benzene rings is 1. The minimum Gasteiger partial charge on any atom is -0.293 e. The summed E-state index contributed by atoms with van der Waals surface area (Å²) >= 11 is 0. The SMILES string of the molecule is N#CC1C(=O)c2ccccc2C(=O)C1C#N. The average Bonchev–Trinajstić information content (AvgIpc) is 2.33. The maximum Gasteiger partial charge on any atom is 0.182 e. The molecule has 1 aliphatic carbocycles. The van der Waals surface area contributed by atoms with Crippen LogP contribution in [0, 0.1) is 34.5 Å². The van der Waals surface area contributed by atoms with Gasteiger partial charge in [0.05, 0.1) is 12.1 Å². The van der Waals surface area contributed by atoms with Crippen molar-refractivity contribution in [3.8, 4) is 12.1 Å². The number of hydrogen-bond donors (Lipinski definition) is 0. The summed E-state index contributed by atoms with van der Waals surface area (Å²) in [6.45, 7) is 0. The first-order chi connectivity index (χ1) is 7.70. The van der Waals surface area contributed by atoms with Crippen molar-refractivity contribution in [2.24, 2.45) is 11.8 Å². The van der Waals surface area contributed by atoms with E-state index in [-0.39, 0.29) is 11.1 Å². The maximum atomic E-state index is 11.8. The van der Waals surface area contributed by atoms with Crippen molar-refractivity contribution < 1.29 is 9.59 Å². The van der Waals surface area contributed by atoms with Crippen LogP contribution in [0.2, 0.25) is 0 Å². The molecule has 0 bridgehead atoms. The second kappa shape index (κ2) is 3.60. The highest BCUT2D eigenvalue weighted by Crippen LogP contribution is 2.29. The fraction of sp³-hybridized carbons (Fsp3) is 0.167. The molecule has 0 heterocycles. The first kappa shape index (κ1) is 10.1. The Morgan fingerprint density at radius 2 is 1.25 bits per heavy atom. The van der Waals surface area contributed by atoms with Crippen LogP contribution >= 0.6 is 0 Å². The van der Waals surface area contributed by atoms with Gasteiger partial charge >= 0.3 is 0 Å². The first-order valence-corrected chi connectivity index (χ1v) is 4.67. The summed E-state index contributed by atoms with van der Waals surface area (Å²) in [4.78, 5) is 23.7. The zero-order valence-corrected chi connectivity index (χ0v) is 8.18. The third-order valence-electron chi connectivity index (χ3n) is 2.63. The van der Waals surface area contributed by atoms with Gasteiger partial charge in [0, 0.05) is 11.1 Å². The van der Waals surface area contributed by atoms with Crippen molar-refractivity contribution in [2.75, 3.05) is 0 Å². The van der Waals surface area contributed by atoms with Gasteiger partial charge in [0.2, 0.25) is 0 Å². The highest BCUT2D eigenvalue weighted by molar-refractivity contribution is 6.17. The molecule has 2 rings (SSSR count). The average molecular weight is 210 g/mol. The molecule has 0 aromatic heterocycles. The smallest absolute Gasteiger partial charge is 0.182 e. The maximum absolute atomic E-state index is 11.8. The third-order valence-corrected chi connectivity index (χ3v) is 2.63. The molecular weight excluding hydrogens is 204 g/mol. The van der Waals surface area contributed by atoms with E-state index in [1.165, 1.54) is 12.1 Å². The molecule has 0 N–H and O–H groups in total. The number of ketones is 2. The van der Waals surface area contributed by atoms with Crippen molar-refractivity contribution in [2.45, 2.75) is 0 Å². The topological polar surface area (TPSA) is 81.7 Å². The van der Waals surface area contributed by atoms with E-state index in [2.05, 4.69) is 0 Å². The number of nitriles is 2. The monoisotopic (exact) mass is 210 g/mol. The molecule has 1 aliphatic rings. The fourth-order valence-corrected chi connectivity index (χ4v) is 1.82. The van der Waals surface area contributed by atoms with E-state index in [1.807, 2.05) is 0 Å². The van der Waals surface area contributed by atoms with Crippen molar-refractivity contribution >= 4 is 11.6 Å². The van der Waals surface area contributed by atoms with Crippen LogP contribution < -0.4 is 0 Å². The van der Waals surface area contributed by atoms with Crippen LogP contribution in [0.5, 0.6) is 0 Å². The molecule has 76 valence electrons. The van der Waals surface area contributed by atoms with Crippen LogP contribution in [0.3, 0.4) is 0 Å². The molecular formula is C12H6N2O2. The Hall–Kier alpha value is -2.46. The van der Waals surface area contributed by atoms with E-state index in [9.17, 15) is 9.59 Å². The molecule has 0 amide bonds. The molecule has 16 heavy (non-hydrogen) atoms. The lowest BCUT2D eigenvalue weighted by atomic mass is 9.75. The molecule has 0 saturated heterocycles. The molecule has 0 spiro atoms. The standard InChI is InChI=1S/C12H6N2O2/c13-5-9-10(6-14)12(16)8-4-2-1-3-7(8)11(9)15/h1-4,9-10H. The lowest BCUT2D eigenvalue weighted by Gasteiger charge is -2.21. The van der Waals surface area contributed by atoms with Gasteiger partial charge in [-0.25, -0.2) is 0 Å². The second-order valence-corrected chi connectivity index (χ2v) is 3.49. The van der Waals surface area contributed by atoms with Crippen molar-refractivity contribution in [3.63, 3.8) is 0 Å². The fourth-order valence-electron chi connectivity index (χ4n) is 1.82. The molecule has 4 heteroatoms. The van der Waals surface area contributed by atoms with Crippen LogP contribution in [-0.4, -0.2) is 11.6 Å². The van der Waals surface area contributed by atoms with Gasteiger partial charge in [-0.05, 0) is 0 Å².